The molecule has 0 spiro atoms. The molecule has 1 saturated carbocycles. The number of hydrogen-bond acceptors (Lipinski definition) is 3. The van der Waals surface area contributed by atoms with E-state index in [-0.39, 0.29) is 18.1 Å². The zero-order valence-corrected chi connectivity index (χ0v) is 14.7. The third kappa shape index (κ3) is 5.19. The highest BCUT2D eigenvalue weighted by Gasteiger charge is 2.33. The van der Waals surface area contributed by atoms with Gasteiger partial charge in [-0.25, -0.2) is 4.79 Å². The van der Waals surface area contributed by atoms with E-state index in [4.69, 9.17) is 4.74 Å². The Balaban J connectivity index is 1.93. The SMILES string of the molecule is CC(C)[C@@H]1CC[C@@H](C)C[C@H]1OC(=O)C=N[C@H](C)c1ccccc1. The molecule has 1 fully saturated rings. The van der Waals surface area contributed by atoms with Gasteiger partial charge in [0.25, 0.3) is 0 Å². The summed E-state index contributed by atoms with van der Waals surface area (Å²) >= 11 is 0. The van der Waals surface area contributed by atoms with Crippen molar-refractivity contribution in [3.63, 3.8) is 0 Å². The van der Waals surface area contributed by atoms with Gasteiger partial charge in [0.05, 0.1) is 6.04 Å². The normalized spacial score (nSPS) is 26.4. The van der Waals surface area contributed by atoms with Gasteiger partial charge in [0.1, 0.15) is 12.3 Å². The smallest absolute Gasteiger partial charge is 0.349 e. The molecule has 1 aromatic carbocycles. The van der Waals surface area contributed by atoms with Crippen LogP contribution in [0, 0.1) is 17.8 Å². The highest BCUT2D eigenvalue weighted by molar-refractivity contribution is 6.23. The van der Waals surface area contributed by atoms with Gasteiger partial charge in [0.15, 0.2) is 0 Å². The minimum atomic E-state index is -0.308. The van der Waals surface area contributed by atoms with Crippen LogP contribution < -0.4 is 0 Å². The van der Waals surface area contributed by atoms with Crippen LogP contribution in [0.1, 0.15) is 58.6 Å². The molecule has 126 valence electrons. The van der Waals surface area contributed by atoms with Gasteiger partial charge < -0.3 is 4.74 Å². The lowest BCUT2D eigenvalue weighted by Crippen LogP contribution is -2.36. The van der Waals surface area contributed by atoms with E-state index in [1.165, 1.54) is 12.6 Å². The van der Waals surface area contributed by atoms with E-state index in [1.54, 1.807) is 0 Å². The Morgan fingerprint density at radius 2 is 1.91 bits per heavy atom. The molecule has 0 radical (unpaired) electrons. The van der Waals surface area contributed by atoms with Crippen molar-refractivity contribution in [3.05, 3.63) is 35.9 Å². The molecule has 23 heavy (non-hydrogen) atoms. The Kier molecular flexibility index (Phi) is 6.37. The first kappa shape index (κ1) is 17.7. The summed E-state index contributed by atoms with van der Waals surface area (Å²) in [5.74, 6) is 1.33. The van der Waals surface area contributed by atoms with Crippen LogP contribution in [-0.4, -0.2) is 18.3 Å². The summed E-state index contributed by atoms with van der Waals surface area (Å²) in [6.07, 6.45) is 4.74. The summed E-state index contributed by atoms with van der Waals surface area (Å²) in [5.41, 5.74) is 1.10. The first-order valence-corrected chi connectivity index (χ1v) is 8.76. The maximum Gasteiger partial charge on any atom is 0.349 e. The number of ether oxygens (including phenoxy) is 1. The molecule has 0 amide bonds. The van der Waals surface area contributed by atoms with E-state index in [0.29, 0.717) is 17.8 Å². The Bertz CT molecular complexity index is 524. The van der Waals surface area contributed by atoms with Crippen LogP contribution in [0.25, 0.3) is 0 Å². The largest absolute Gasteiger partial charge is 0.458 e. The second-order valence-electron chi connectivity index (χ2n) is 7.17. The van der Waals surface area contributed by atoms with Crippen molar-refractivity contribution in [1.29, 1.82) is 0 Å². The number of aliphatic imine (C=N–C) groups is 1. The van der Waals surface area contributed by atoms with Crippen LogP contribution in [-0.2, 0) is 9.53 Å². The van der Waals surface area contributed by atoms with E-state index in [9.17, 15) is 4.79 Å². The number of esters is 1. The van der Waals surface area contributed by atoms with Gasteiger partial charge in [-0.05, 0) is 43.1 Å². The van der Waals surface area contributed by atoms with Crippen LogP contribution in [0.2, 0.25) is 0 Å². The zero-order valence-electron chi connectivity index (χ0n) is 14.7. The van der Waals surface area contributed by atoms with Gasteiger partial charge in [0, 0.05) is 0 Å². The molecule has 3 nitrogen and oxygen atoms in total. The molecular formula is C20H29NO2. The fraction of sp³-hybridized carbons (Fsp3) is 0.600. The lowest BCUT2D eigenvalue weighted by Gasteiger charge is -2.36. The van der Waals surface area contributed by atoms with Crippen molar-refractivity contribution in [2.24, 2.45) is 22.7 Å². The third-order valence-electron chi connectivity index (χ3n) is 4.91. The predicted molar refractivity (Wildman–Crippen MR) is 94.6 cm³/mol. The summed E-state index contributed by atoms with van der Waals surface area (Å²) in [4.78, 5) is 16.5. The summed E-state index contributed by atoms with van der Waals surface area (Å²) in [7, 11) is 0. The standard InChI is InChI=1S/C20H29NO2/c1-14(2)18-11-10-15(3)12-19(18)23-20(22)13-21-16(4)17-8-6-5-7-9-17/h5-9,13-16,18-19H,10-12H2,1-4H3/t15-,16-,18+,19-/m1/s1. The topological polar surface area (TPSA) is 38.7 Å². The Morgan fingerprint density at radius 1 is 1.22 bits per heavy atom. The number of benzene rings is 1. The van der Waals surface area contributed by atoms with Crippen molar-refractivity contribution in [1.82, 2.24) is 0 Å². The zero-order chi connectivity index (χ0) is 16.8. The molecule has 1 aliphatic rings. The summed E-state index contributed by atoms with van der Waals surface area (Å²) in [5, 5.41) is 0. The molecule has 1 aliphatic carbocycles. The molecule has 0 bridgehead atoms. The van der Waals surface area contributed by atoms with Gasteiger partial charge >= 0.3 is 5.97 Å². The van der Waals surface area contributed by atoms with Crippen LogP contribution in [0.5, 0.6) is 0 Å². The molecule has 0 N–H and O–H groups in total. The molecule has 4 atom stereocenters. The molecule has 0 aliphatic heterocycles. The average molecular weight is 315 g/mol. The number of nitrogens with zero attached hydrogens (tertiary/aromatic N) is 1. The number of hydrogen-bond donors (Lipinski definition) is 0. The van der Waals surface area contributed by atoms with E-state index in [0.717, 1.165) is 18.4 Å². The van der Waals surface area contributed by atoms with E-state index in [2.05, 4.69) is 25.8 Å². The van der Waals surface area contributed by atoms with Crippen molar-refractivity contribution in [3.8, 4) is 0 Å². The lowest BCUT2D eigenvalue weighted by molar-refractivity contribution is -0.146. The van der Waals surface area contributed by atoms with Gasteiger partial charge in [-0.15, -0.1) is 0 Å². The third-order valence-corrected chi connectivity index (χ3v) is 4.91. The van der Waals surface area contributed by atoms with E-state index in [1.807, 2.05) is 37.3 Å². The van der Waals surface area contributed by atoms with E-state index >= 15 is 0 Å². The van der Waals surface area contributed by atoms with Gasteiger partial charge in [-0.3, -0.25) is 4.99 Å². The van der Waals surface area contributed by atoms with Crippen molar-refractivity contribution in [2.75, 3.05) is 0 Å². The summed E-state index contributed by atoms with van der Waals surface area (Å²) in [6.45, 7) is 8.65. The predicted octanol–water partition coefficient (Wildman–Crippen LogP) is 4.82. The second kappa shape index (κ2) is 8.28. The number of carbonyl (C=O) groups excluding carboxylic acids is 1. The highest BCUT2D eigenvalue weighted by atomic mass is 16.5. The number of rotatable bonds is 5. The van der Waals surface area contributed by atoms with Crippen molar-refractivity contribution < 1.29 is 9.53 Å². The van der Waals surface area contributed by atoms with Crippen LogP contribution in [0.3, 0.4) is 0 Å². The molecule has 0 aromatic heterocycles. The molecule has 0 heterocycles. The molecular weight excluding hydrogens is 286 g/mol. The molecule has 0 saturated heterocycles. The van der Waals surface area contributed by atoms with Gasteiger partial charge in [-0.2, -0.15) is 0 Å². The maximum absolute atomic E-state index is 12.2. The highest BCUT2D eigenvalue weighted by Crippen LogP contribution is 2.35. The maximum atomic E-state index is 12.2. The Hall–Kier alpha value is -1.64. The van der Waals surface area contributed by atoms with Crippen LogP contribution in [0.4, 0.5) is 0 Å². The average Bonchev–Trinajstić information content (AvgIpc) is 2.53. The fourth-order valence-corrected chi connectivity index (χ4v) is 3.42. The van der Waals surface area contributed by atoms with Crippen molar-refractivity contribution >= 4 is 12.2 Å². The Morgan fingerprint density at radius 3 is 2.57 bits per heavy atom. The minimum absolute atomic E-state index is 0.0322. The molecule has 0 unspecified atom stereocenters. The second-order valence-corrected chi connectivity index (χ2v) is 7.17. The summed E-state index contributed by atoms with van der Waals surface area (Å²) < 4.78 is 5.73. The molecule has 1 aromatic rings. The van der Waals surface area contributed by atoms with Crippen molar-refractivity contribution in [2.45, 2.75) is 59.1 Å². The summed E-state index contributed by atoms with van der Waals surface area (Å²) in [6, 6.07) is 9.95. The number of carbonyl (C=O) groups is 1. The first-order valence-electron chi connectivity index (χ1n) is 8.76. The monoisotopic (exact) mass is 315 g/mol. The quantitative estimate of drug-likeness (QED) is 0.577. The minimum Gasteiger partial charge on any atom is -0.458 e. The first-order chi connectivity index (χ1) is 11.0. The van der Waals surface area contributed by atoms with E-state index < -0.39 is 0 Å². The lowest BCUT2D eigenvalue weighted by atomic mass is 9.75. The van der Waals surface area contributed by atoms with Gasteiger partial charge in [0.2, 0.25) is 0 Å². The fourth-order valence-electron chi connectivity index (χ4n) is 3.42. The van der Waals surface area contributed by atoms with Gasteiger partial charge in [-0.1, -0.05) is 57.5 Å². The Labute approximate surface area is 140 Å². The van der Waals surface area contributed by atoms with Crippen LogP contribution >= 0.6 is 0 Å². The molecule has 2 rings (SSSR count). The molecule has 3 heteroatoms. The van der Waals surface area contributed by atoms with Crippen LogP contribution in [0.15, 0.2) is 35.3 Å².